The van der Waals surface area contributed by atoms with Crippen LogP contribution in [0, 0.1) is 10.7 Å². The number of nitrogens with zero attached hydrogens (tertiary/aromatic N) is 2. The lowest BCUT2D eigenvalue weighted by Crippen LogP contribution is -2.10. The van der Waals surface area contributed by atoms with E-state index in [2.05, 4.69) is 43.3 Å². The van der Waals surface area contributed by atoms with E-state index in [9.17, 15) is 4.39 Å². The zero-order valence-electron chi connectivity index (χ0n) is 14.7. The second-order valence-electron chi connectivity index (χ2n) is 6.96. The van der Waals surface area contributed by atoms with Crippen LogP contribution in [-0.4, -0.2) is 9.78 Å². The van der Waals surface area contributed by atoms with Crippen molar-refractivity contribution >= 4 is 29.5 Å². The number of nitrogens with one attached hydrogen (secondary N) is 1. The monoisotopic (exact) mass is 391 g/mol. The van der Waals surface area contributed by atoms with Crippen molar-refractivity contribution in [2.75, 3.05) is 5.32 Å². The van der Waals surface area contributed by atoms with Gasteiger partial charge >= 0.3 is 0 Å². The van der Waals surface area contributed by atoms with Gasteiger partial charge in [-0.15, -0.1) is 5.10 Å². The molecule has 26 heavy (non-hydrogen) atoms. The summed E-state index contributed by atoms with van der Waals surface area (Å²) in [5, 5.41) is 7.54. The van der Waals surface area contributed by atoms with Crippen LogP contribution in [0.3, 0.4) is 0 Å². The Kier molecular flexibility index (Phi) is 5.16. The highest BCUT2D eigenvalue weighted by Gasteiger charge is 2.14. The quantitative estimate of drug-likeness (QED) is 0.551. The van der Waals surface area contributed by atoms with Crippen molar-refractivity contribution in [3.05, 3.63) is 63.7 Å². The molecular weight excluding hydrogens is 373 g/mol. The van der Waals surface area contributed by atoms with Crippen LogP contribution in [-0.2, 0) is 12.1 Å². The topological polar surface area (TPSA) is 43.0 Å². The van der Waals surface area contributed by atoms with E-state index in [1.54, 1.807) is 6.07 Å². The smallest absolute Gasteiger partial charge is 0.289 e. The van der Waals surface area contributed by atoms with Crippen molar-refractivity contribution in [1.29, 1.82) is 0 Å². The maximum atomic E-state index is 13.2. The van der Waals surface area contributed by atoms with Gasteiger partial charge in [-0.1, -0.05) is 44.5 Å². The second-order valence-corrected chi connectivity index (χ2v) is 7.72. The lowest BCUT2D eigenvalue weighted by Gasteiger charge is -2.18. The van der Waals surface area contributed by atoms with Gasteiger partial charge in [0, 0.05) is 11.3 Å². The van der Waals surface area contributed by atoms with E-state index in [0.717, 1.165) is 5.56 Å². The number of hydrogen-bond acceptors (Lipinski definition) is 4. The van der Waals surface area contributed by atoms with Crippen LogP contribution in [0.4, 0.5) is 10.1 Å². The van der Waals surface area contributed by atoms with Crippen LogP contribution in [0.1, 0.15) is 26.3 Å². The average Bonchev–Trinajstić information content (AvgIpc) is 2.96. The molecule has 7 heteroatoms. The largest absolute Gasteiger partial charge is 0.409 e. The predicted octanol–water partition coefficient (Wildman–Crippen LogP) is 6.03. The van der Waals surface area contributed by atoms with Crippen molar-refractivity contribution in [3.63, 3.8) is 0 Å². The van der Waals surface area contributed by atoms with E-state index in [1.807, 2.05) is 12.1 Å². The zero-order chi connectivity index (χ0) is 18.9. The Balaban J connectivity index is 1.76. The third-order valence-corrected chi connectivity index (χ3v) is 4.54. The van der Waals surface area contributed by atoms with Gasteiger partial charge in [-0.25, -0.2) is 9.07 Å². The summed E-state index contributed by atoms with van der Waals surface area (Å²) in [6.07, 6.45) is 0. The van der Waals surface area contributed by atoms with Crippen molar-refractivity contribution in [2.45, 2.75) is 32.9 Å². The molecule has 4 nitrogen and oxygen atoms in total. The normalized spacial score (nSPS) is 11.6. The van der Waals surface area contributed by atoms with Crippen molar-refractivity contribution < 1.29 is 8.81 Å². The van der Waals surface area contributed by atoms with Gasteiger partial charge in [-0.05, 0) is 53.5 Å². The highest BCUT2D eigenvalue weighted by atomic mass is 35.5. The molecule has 1 heterocycles. The van der Waals surface area contributed by atoms with Crippen molar-refractivity contribution in [2.24, 2.45) is 0 Å². The van der Waals surface area contributed by atoms with Gasteiger partial charge in [0.2, 0.25) is 5.89 Å². The van der Waals surface area contributed by atoms with E-state index in [1.165, 1.54) is 22.4 Å². The highest BCUT2D eigenvalue weighted by Crippen LogP contribution is 2.25. The first-order valence-corrected chi connectivity index (χ1v) is 8.90. The lowest BCUT2D eigenvalue weighted by molar-refractivity contribution is 0.522. The Bertz CT molecular complexity index is 974. The van der Waals surface area contributed by atoms with Gasteiger partial charge in [0.1, 0.15) is 12.5 Å². The summed E-state index contributed by atoms with van der Waals surface area (Å²) >= 11 is 11.0. The van der Waals surface area contributed by atoms with Crippen molar-refractivity contribution in [1.82, 2.24) is 9.78 Å². The Morgan fingerprint density at radius 1 is 1.19 bits per heavy atom. The van der Waals surface area contributed by atoms with Gasteiger partial charge in [0.15, 0.2) is 0 Å². The van der Waals surface area contributed by atoms with Crippen LogP contribution in [0.5, 0.6) is 0 Å². The second kappa shape index (κ2) is 7.21. The zero-order valence-corrected chi connectivity index (χ0v) is 16.3. The van der Waals surface area contributed by atoms with Crippen molar-refractivity contribution in [3.8, 4) is 11.5 Å². The maximum Gasteiger partial charge on any atom is 0.289 e. The molecule has 0 bridgehead atoms. The standard InChI is InChI=1S/C19H19ClFN3OS/c1-19(2,3)13-6-4-12(5-7-13)17-23-24(18(26)25-17)11-22-14-8-9-16(21)15(20)10-14/h4-10,22H,11H2,1-3H3. The van der Waals surface area contributed by atoms with E-state index in [4.69, 9.17) is 28.2 Å². The summed E-state index contributed by atoms with van der Waals surface area (Å²) < 4.78 is 20.3. The number of aromatic nitrogens is 2. The summed E-state index contributed by atoms with van der Waals surface area (Å²) in [4.78, 5) is 0.251. The maximum absolute atomic E-state index is 13.2. The molecule has 0 unspecified atom stereocenters. The van der Waals surface area contributed by atoms with Crippen LogP contribution < -0.4 is 5.32 Å². The number of hydrogen-bond donors (Lipinski definition) is 1. The first-order chi connectivity index (χ1) is 12.2. The minimum absolute atomic E-state index is 0.0541. The molecule has 0 aliphatic rings. The average molecular weight is 392 g/mol. The predicted molar refractivity (Wildman–Crippen MR) is 104 cm³/mol. The molecule has 3 rings (SSSR count). The van der Waals surface area contributed by atoms with E-state index < -0.39 is 5.82 Å². The molecule has 3 aromatic rings. The lowest BCUT2D eigenvalue weighted by atomic mass is 9.87. The van der Waals surface area contributed by atoms with E-state index >= 15 is 0 Å². The van der Waals surface area contributed by atoms with Gasteiger partial charge in [0.05, 0.1) is 5.02 Å². The Hall–Kier alpha value is -2.18. The molecule has 0 amide bonds. The summed E-state index contributed by atoms with van der Waals surface area (Å²) in [6.45, 7) is 6.77. The fraction of sp³-hybridized carbons (Fsp3) is 0.263. The van der Waals surface area contributed by atoms with Gasteiger partial charge < -0.3 is 9.73 Å². The molecule has 0 saturated carbocycles. The number of rotatable bonds is 4. The Labute approximate surface area is 161 Å². The van der Waals surface area contributed by atoms with Crippen LogP contribution >= 0.6 is 23.8 Å². The van der Waals surface area contributed by atoms with E-state index in [0.29, 0.717) is 11.6 Å². The number of anilines is 1. The molecule has 1 aromatic heterocycles. The molecular formula is C19H19ClFN3OS. The molecule has 0 spiro atoms. The number of benzene rings is 2. The fourth-order valence-corrected chi connectivity index (χ4v) is 2.77. The van der Waals surface area contributed by atoms with Gasteiger partial charge in [-0.2, -0.15) is 0 Å². The summed E-state index contributed by atoms with van der Waals surface area (Å²) in [6, 6.07) is 12.5. The highest BCUT2D eigenvalue weighted by molar-refractivity contribution is 7.71. The van der Waals surface area contributed by atoms with E-state index in [-0.39, 0.29) is 21.9 Å². The summed E-state index contributed by atoms with van der Waals surface area (Å²) in [5.74, 6) is -0.00866. The Morgan fingerprint density at radius 3 is 2.50 bits per heavy atom. The molecule has 0 atom stereocenters. The summed E-state index contributed by atoms with van der Waals surface area (Å²) in [7, 11) is 0. The molecule has 0 aliphatic carbocycles. The minimum Gasteiger partial charge on any atom is -0.409 e. The molecule has 0 saturated heterocycles. The third kappa shape index (κ3) is 4.14. The fourth-order valence-electron chi connectivity index (χ4n) is 2.41. The van der Waals surface area contributed by atoms with Crippen LogP contribution in [0.25, 0.3) is 11.5 Å². The molecule has 1 N–H and O–H groups in total. The molecule has 0 radical (unpaired) electrons. The van der Waals surface area contributed by atoms with Gasteiger partial charge in [0.25, 0.3) is 4.84 Å². The molecule has 0 fully saturated rings. The third-order valence-electron chi connectivity index (χ3n) is 3.96. The molecule has 136 valence electrons. The first-order valence-electron chi connectivity index (χ1n) is 8.12. The van der Waals surface area contributed by atoms with Crippen LogP contribution in [0.2, 0.25) is 5.02 Å². The summed E-state index contributed by atoms with van der Waals surface area (Å²) in [5.41, 5.74) is 2.83. The SMILES string of the molecule is CC(C)(C)c1ccc(-c2nn(CNc3ccc(F)c(Cl)c3)c(=S)o2)cc1. The van der Waals surface area contributed by atoms with Gasteiger partial charge in [-0.3, -0.25) is 0 Å². The first kappa shape index (κ1) is 18.6. The minimum atomic E-state index is -0.462. The Morgan fingerprint density at radius 2 is 1.88 bits per heavy atom. The number of halogens is 2. The molecule has 2 aromatic carbocycles. The molecule has 0 aliphatic heterocycles. The van der Waals surface area contributed by atoms with Crippen LogP contribution in [0.15, 0.2) is 46.9 Å².